The first kappa shape index (κ1) is 15.1. The van der Waals surface area contributed by atoms with Gasteiger partial charge in [0.05, 0.1) is 11.5 Å². The maximum absolute atomic E-state index is 11.1. The number of unbranched alkanes of at least 4 members (excludes halogenated alkanes) is 1. The van der Waals surface area contributed by atoms with Gasteiger partial charge in [-0.25, -0.2) is 4.98 Å². The van der Waals surface area contributed by atoms with Crippen molar-refractivity contribution in [1.29, 1.82) is 0 Å². The van der Waals surface area contributed by atoms with E-state index < -0.39 is 4.92 Å². The number of methoxy groups -OCH3 is 1. The van der Waals surface area contributed by atoms with E-state index in [1.807, 2.05) is 6.92 Å². The molecule has 0 aliphatic rings. The smallest absolute Gasteiger partial charge is 0.372 e. The van der Waals surface area contributed by atoms with Crippen LogP contribution in [0, 0.1) is 10.1 Å². The van der Waals surface area contributed by atoms with Gasteiger partial charge in [0.25, 0.3) is 5.88 Å². The molecule has 8 heteroatoms. The highest BCUT2D eigenvalue weighted by Crippen LogP contribution is 2.31. The van der Waals surface area contributed by atoms with Gasteiger partial charge in [0.15, 0.2) is 5.82 Å². The first-order valence-corrected chi connectivity index (χ1v) is 5.98. The zero-order chi connectivity index (χ0) is 14.3. The maximum Gasteiger partial charge on any atom is 0.372 e. The normalized spacial score (nSPS) is 10.3. The third-order valence-electron chi connectivity index (χ3n) is 2.33. The second kappa shape index (κ2) is 7.47. The van der Waals surface area contributed by atoms with Crippen molar-refractivity contribution in [2.75, 3.05) is 26.1 Å². The SMILES string of the molecule is CCCCOc1nc(COC)nc(NC)c1[N+](=O)[O-]. The lowest BCUT2D eigenvalue weighted by Gasteiger charge is -2.09. The number of anilines is 1. The topological polar surface area (TPSA) is 99.4 Å². The second-order valence-electron chi connectivity index (χ2n) is 3.78. The minimum absolute atomic E-state index is 0.0233. The van der Waals surface area contributed by atoms with Crippen LogP contribution in [-0.2, 0) is 11.3 Å². The number of nitro groups is 1. The molecule has 1 aromatic rings. The van der Waals surface area contributed by atoms with Crippen molar-refractivity contribution in [3.05, 3.63) is 15.9 Å². The maximum atomic E-state index is 11.1. The summed E-state index contributed by atoms with van der Waals surface area (Å²) in [5.41, 5.74) is -0.251. The Bertz CT molecular complexity index is 439. The quantitative estimate of drug-likeness (QED) is 0.436. The van der Waals surface area contributed by atoms with E-state index >= 15 is 0 Å². The highest BCUT2D eigenvalue weighted by molar-refractivity contribution is 5.61. The standard InChI is InChI=1S/C11H18N4O4/c1-4-5-6-19-11-9(15(16)17)10(12-2)13-8(14-11)7-18-3/h4-7H2,1-3H3,(H,12,13,14). The van der Waals surface area contributed by atoms with Gasteiger partial charge in [-0.1, -0.05) is 13.3 Å². The zero-order valence-corrected chi connectivity index (χ0v) is 11.3. The third-order valence-corrected chi connectivity index (χ3v) is 2.33. The molecule has 1 heterocycles. The third kappa shape index (κ3) is 4.02. The van der Waals surface area contributed by atoms with E-state index in [-0.39, 0.29) is 24.0 Å². The lowest BCUT2D eigenvalue weighted by atomic mass is 10.3. The number of hydrogen-bond acceptors (Lipinski definition) is 7. The molecule has 8 nitrogen and oxygen atoms in total. The van der Waals surface area contributed by atoms with Crippen molar-refractivity contribution in [1.82, 2.24) is 9.97 Å². The van der Waals surface area contributed by atoms with Gasteiger partial charge < -0.3 is 14.8 Å². The number of rotatable bonds is 8. The van der Waals surface area contributed by atoms with Gasteiger partial charge in [-0.05, 0) is 6.42 Å². The minimum atomic E-state index is -0.552. The van der Waals surface area contributed by atoms with Crippen molar-refractivity contribution in [2.24, 2.45) is 0 Å². The van der Waals surface area contributed by atoms with Crippen LogP contribution in [-0.4, -0.2) is 35.7 Å². The van der Waals surface area contributed by atoms with Gasteiger partial charge in [-0.3, -0.25) is 10.1 Å². The summed E-state index contributed by atoms with van der Waals surface area (Å²) in [5.74, 6) is 0.437. The Labute approximate surface area is 111 Å². The van der Waals surface area contributed by atoms with E-state index in [2.05, 4.69) is 15.3 Å². The van der Waals surface area contributed by atoms with E-state index in [0.29, 0.717) is 12.4 Å². The van der Waals surface area contributed by atoms with E-state index in [0.717, 1.165) is 12.8 Å². The van der Waals surface area contributed by atoms with Crippen LogP contribution in [0.15, 0.2) is 0 Å². The van der Waals surface area contributed by atoms with Crippen LogP contribution in [0.4, 0.5) is 11.5 Å². The fraction of sp³-hybridized carbons (Fsp3) is 0.636. The average Bonchev–Trinajstić information content (AvgIpc) is 2.38. The Hall–Kier alpha value is -1.96. The van der Waals surface area contributed by atoms with Crippen LogP contribution in [0.1, 0.15) is 25.6 Å². The molecule has 0 unspecified atom stereocenters. The summed E-state index contributed by atoms with van der Waals surface area (Å²) in [7, 11) is 3.06. The highest BCUT2D eigenvalue weighted by Gasteiger charge is 2.25. The molecule has 1 N–H and O–H groups in total. The number of ether oxygens (including phenoxy) is 2. The Morgan fingerprint density at radius 1 is 1.42 bits per heavy atom. The summed E-state index contributed by atoms with van der Waals surface area (Å²) in [6.07, 6.45) is 1.73. The minimum Gasteiger partial charge on any atom is -0.473 e. The molecular formula is C11H18N4O4. The van der Waals surface area contributed by atoms with Crippen molar-refractivity contribution in [3.8, 4) is 5.88 Å². The average molecular weight is 270 g/mol. The van der Waals surface area contributed by atoms with Gasteiger partial charge in [0.1, 0.15) is 6.61 Å². The van der Waals surface area contributed by atoms with Gasteiger partial charge in [-0.2, -0.15) is 4.98 Å². The van der Waals surface area contributed by atoms with Crippen LogP contribution in [0.5, 0.6) is 5.88 Å². The molecule has 0 fully saturated rings. The zero-order valence-electron chi connectivity index (χ0n) is 11.3. The molecule has 106 valence electrons. The molecule has 1 rings (SSSR count). The molecule has 0 amide bonds. The van der Waals surface area contributed by atoms with Crippen LogP contribution in [0.3, 0.4) is 0 Å². The predicted octanol–water partition coefficient (Wildman–Crippen LogP) is 1.75. The monoisotopic (exact) mass is 270 g/mol. The van der Waals surface area contributed by atoms with Crippen molar-refractivity contribution < 1.29 is 14.4 Å². The first-order chi connectivity index (χ1) is 9.13. The first-order valence-electron chi connectivity index (χ1n) is 5.98. The van der Waals surface area contributed by atoms with Gasteiger partial charge in [0, 0.05) is 14.2 Å². The summed E-state index contributed by atoms with van der Waals surface area (Å²) >= 11 is 0. The molecule has 0 aromatic carbocycles. The molecule has 0 bridgehead atoms. The summed E-state index contributed by atoms with van der Waals surface area (Å²) in [6.45, 7) is 2.55. The van der Waals surface area contributed by atoms with E-state index in [9.17, 15) is 10.1 Å². The molecule has 19 heavy (non-hydrogen) atoms. The van der Waals surface area contributed by atoms with E-state index in [1.54, 1.807) is 7.05 Å². The van der Waals surface area contributed by atoms with Crippen LogP contribution < -0.4 is 10.1 Å². The largest absolute Gasteiger partial charge is 0.473 e. The molecule has 0 saturated carbocycles. The van der Waals surface area contributed by atoms with Crippen LogP contribution in [0.2, 0.25) is 0 Å². The van der Waals surface area contributed by atoms with Gasteiger partial charge in [-0.15, -0.1) is 0 Å². The second-order valence-corrected chi connectivity index (χ2v) is 3.78. The Balaban J connectivity index is 3.12. The Morgan fingerprint density at radius 2 is 2.16 bits per heavy atom. The van der Waals surface area contributed by atoms with Gasteiger partial charge >= 0.3 is 5.69 Å². The Kier molecular flexibility index (Phi) is 5.94. The fourth-order valence-electron chi connectivity index (χ4n) is 1.42. The fourth-order valence-corrected chi connectivity index (χ4v) is 1.42. The highest BCUT2D eigenvalue weighted by atomic mass is 16.6. The van der Waals surface area contributed by atoms with E-state index in [4.69, 9.17) is 9.47 Å². The van der Waals surface area contributed by atoms with Gasteiger partial charge in [0.2, 0.25) is 5.82 Å². The molecule has 0 atom stereocenters. The summed E-state index contributed by atoms with van der Waals surface area (Å²) < 4.78 is 10.3. The summed E-state index contributed by atoms with van der Waals surface area (Å²) in [6, 6.07) is 0. The number of nitrogens with zero attached hydrogens (tertiary/aromatic N) is 3. The lowest BCUT2D eigenvalue weighted by Crippen LogP contribution is -2.10. The van der Waals surface area contributed by atoms with Crippen molar-refractivity contribution in [3.63, 3.8) is 0 Å². The van der Waals surface area contributed by atoms with E-state index in [1.165, 1.54) is 7.11 Å². The molecule has 0 radical (unpaired) electrons. The Morgan fingerprint density at radius 3 is 2.68 bits per heavy atom. The molecule has 0 saturated heterocycles. The summed E-state index contributed by atoms with van der Waals surface area (Å²) in [5, 5.41) is 13.8. The molecular weight excluding hydrogens is 252 g/mol. The predicted molar refractivity (Wildman–Crippen MR) is 69.3 cm³/mol. The molecule has 0 aliphatic heterocycles. The van der Waals surface area contributed by atoms with Crippen molar-refractivity contribution >= 4 is 11.5 Å². The number of hydrogen-bond donors (Lipinski definition) is 1. The van der Waals surface area contributed by atoms with Crippen LogP contribution >= 0.6 is 0 Å². The number of aromatic nitrogens is 2. The lowest BCUT2D eigenvalue weighted by molar-refractivity contribution is -0.385. The summed E-state index contributed by atoms with van der Waals surface area (Å²) in [4.78, 5) is 18.6. The van der Waals surface area contributed by atoms with Crippen LogP contribution in [0.25, 0.3) is 0 Å². The molecule has 0 spiro atoms. The molecule has 1 aromatic heterocycles. The number of nitrogens with one attached hydrogen (secondary N) is 1. The van der Waals surface area contributed by atoms with Crippen molar-refractivity contribution in [2.45, 2.75) is 26.4 Å². The molecule has 0 aliphatic carbocycles.